The summed E-state index contributed by atoms with van der Waals surface area (Å²) >= 11 is 3.27. The van der Waals surface area contributed by atoms with E-state index >= 15 is 0 Å². The van der Waals surface area contributed by atoms with Crippen molar-refractivity contribution in [2.75, 3.05) is 5.32 Å². The molecule has 3 nitrogen and oxygen atoms in total. The van der Waals surface area contributed by atoms with Crippen LogP contribution >= 0.6 is 15.9 Å². The number of anilines is 2. The molecular formula is C16H13BrFN3. The van der Waals surface area contributed by atoms with Crippen molar-refractivity contribution in [3.05, 3.63) is 70.7 Å². The lowest BCUT2D eigenvalue weighted by molar-refractivity contribution is 0.618. The van der Waals surface area contributed by atoms with Crippen molar-refractivity contribution in [3.63, 3.8) is 0 Å². The fraction of sp³-hybridized carbons (Fsp3) is 0.0625. The zero-order valence-corrected chi connectivity index (χ0v) is 12.9. The molecule has 3 rings (SSSR count). The average Bonchev–Trinajstić information content (AvgIpc) is 2.80. The van der Waals surface area contributed by atoms with Gasteiger partial charge in [0.15, 0.2) is 0 Å². The first-order valence-corrected chi connectivity index (χ1v) is 7.26. The molecule has 3 aromatic rings. The van der Waals surface area contributed by atoms with Crippen LogP contribution in [0.15, 0.2) is 59.2 Å². The van der Waals surface area contributed by atoms with Crippen LogP contribution in [0.3, 0.4) is 0 Å². The van der Waals surface area contributed by atoms with Gasteiger partial charge in [-0.1, -0.05) is 34.1 Å². The molecule has 1 N–H and O–H groups in total. The lowest BCUT2D eigenvalue weighted by Crippen LogP contribution is -2.02. The summed E-state index contributed by atoms with van der Waals surface area (Å²) in [4.78, 5) is 4.42. The summed E-state index contributed by atoms with van der Waals surface area (Å²) in [6.45, 7) is 1.88. The van der Waals surface area contributed by atoms with E-state index in [1.165, 1.54) is 6.07 Å². The molecule has 0 atom stereocenters. The maximum atomic E-state index is 14.2. The average molecular weight is 346 g/mol. The third kappa shape index (κ3) is 2.97. The number of aromatic nitrogens is 2. The third-order valence-corrected chi connectivity index (χ3v) is 3.52. The molecule has 0 radical (unpaired) electrons. The molecule has 0 bridgehead atoms. The van der Waals surface area contributed by atoms with Crippen LogP contribution < -0.4 is 5.32 Å². The normalized spacial score (nSPS) is 10.6. The summed E-state index contributed by atoms with van der Waals surface area (Å²) in [5, 5.41) is 3.21. The minimum absolute atomic E-state index is 0.308. The van der Waals surface area contributed by atoms with E-state index in [9.17, 15) is 4.39 Å². The Morgan fingerprint density at radius 1 is 1.14 bits per heavy atom. The largest absolute Gasteiger partial charge is 0.325 e. The molecular weight excluding hydrogens is 333 g/mol. The second kappa shape index (κ2) is 5.69. The number of benzene rings is 2. The summed E-state index contributed by atoms with van der Waals surface area (Å²) in [6.07, 6.45) is 1.80. The summed E-state index contributed by atoms with van der Waals surface area (Å²) in [5.74, 6) is 0.276. The number of nitrogens with zero attached hydrogens (tertiary/aromatic N) is 2. The minimum atomic E-state index is -0.308. The molecule has 1 heterocycles. The van der Waals surface area contributed by atoms with Crippen molar-refractivity contribution in [1.29, 1.82) is 0 Å². The number of imidazole rings is 1. The molecule has 0 amide bonds. The molecule has 0 spiro atoms. The van der Waals surface area contributed by atoms with Gasteiger partial charge in [0, 0.05) is 16.4 Å². The van der Waals surface area contributed by atoms with Crippen LogP contribution in [0.5, 0.6) is 0 Å². The summed E-state index contributed by atoms with van der Waals surface area (Å²) in [6, 6.07) is 14.6. The highest BCUT2D eigenvalue weighted by atomic mass is 79.9. The first-order chi connectivity index (χ1) is 10.1. The first-order valence-electron chi connectivity index (χ1n) is 6.47. The van der Waals surface area contributed by atoms with Gasteiger partial charge in [0.25, 0.3) is 0 Å². The summed E-state index contributed by atoms with van der Waals surface area (Å²) in [5.41, 5.74) is 2.18. The quantitative estimate of drug-likeness (QED) is 0.736. The van der Waals surface area contributed by atoms with E-state index in [0.717, 1.165) is 11.4 Å². The molecule has 0 aliphatic carbocycles. The molecule has 0 unspecified atom stereocenters. The van der Waals surface area contributed by atoms with Crippen molar-refractivity contribution >= 4 is 27.6 Å². The van der Waals surface area contributed by atoms with Crippen LogP contribution in [0.25, 0.3) is 5.69 Å². The van der Waals surface area contributed by atoms with Crippen molar-refractivity contribution in [2.24, 2.45) is 0 Å². The van der Waals surface area contributed by atoms with E-state index < -0.39 is 0 Å². The molecule has 0 aliphatic heterocycles. The number of para-hydroxylation sites is 1. The second-order valence-corrected chi connectivity index (χ2v) is 5.58. The van der Waals surface area contributed by atoms with Crippen LogP contribution in [0.1, 0.15) is 5.69 Å². The molecule has 0 fully saturated rings. The Labute approximate surface area is 130 Å². The van der Waals surface area contributed by atoms with Crippen LogP contribution in [-0.2, 0) is 0 Å². The van der Waals surface area contributed by atoms with Gasteiger partial charge in [0.05, 0.1) is 11.4 Å². The molecule has 0 saturated carbocycles. The number of nitrogens with one attached hydrogen (secondary N) is 1. The number of hydrogen-bond acceptors (Lipinski definition) is 2. The fourth-order valence-electron chi connectivity index (χ4n) is 2.10. The molecule has 106 valence electrons. The Morgan fingerprint density at radius 2 is 1.90 bits per heavy atom. The van der Waals surface area contributed by atoms with Gasteiger partial charge in [-0.3, -0.25) is 4.57 Å². The maximum Gasteiger partial charge on any atom is 0.212 e. The van der Waals surface area contributed by atoms with E-state index in [-0.39, 0.29) is 5.82 Å². The highest BCUT2D eigenvalue weighted by Crippen LogP contribution is 2.24. The zero-order chi connectivity index (χ0) is 14.8. The SMILES string of the molecule is Cc1cn(-c2ccc(Br)cc2F)c(Nc2ccccc2)n1. The Bertz CT molecular complexity index is 768. The van der Waals surface area contributed by atoms with Crippen LogP contribution in [0.2, 0.25) is 0 Å². The van der Waals surface area contributed by atoms with Crippen LogP contribution in [0, 0.1) is 12.7 Å². The standard InChI is InChI=1S/C16H13BrFN3/c1-11-10-21(15-8-7-12(17)9-14(15)18)16(19-11)20-13-5-3-2-4-6-13/h2-10H,1H3,(H,19,20). The van der Waals surface area contributed by atoms with Crippen molar-refractivity contribution < 1.29 is 4.39 Å². The first kappa shape index (κ1) is 13.8. The number of rotatable bonds is 3. The molecule has 21 heavy (non-hydrogen) atoms. The number of halogens is 2. The predicted octanol–water partition coefficient (Wildman–Crippen LogP) is 4.83. The Kier molecular flexibility index (Phi) is 3.75. The van der Waals surface area contributed by atoms with Gasteiger partial charge in [-0.25, -0.2) is 9.37 Å². The van der Waals surface area contributed by atoms with Crippen LogP contribution in [0.4, 0.5) is 16.0 Å². The van der Waals surface area contributed by atoms with E-state index in [1.54, 1.807) is 22.9 Å². The molecule has 0 aliphatic rings. The van der Waals surface area contributed by atoms with Crippen molar-refractivity contribution in [3.8, 4) is 5.69 Å². The molecule has 0 saturated heterocycles. The Balaban J connectivity index is 2.03. The maximum absolute atomic E-state index is 14.2. The molecule has 1 aromatic heterocycles. The third-order valence-electron chi connectivity index (χ3n) is 3.03. The van der Waals surface area contributed by atoms with E-state index in [2.05, 4.69) is 26.2 Å². The van der Waals surface area contributed by atoms with Crippen molar-refractivity contribution in [1.82, 2.24) is 9.55 Å². The monoisotopic (exact) mass is 345 g/mol. The van der Waals surface area contributed by atoms with E-state index in [1.807, 2.05) is 37.3 Å². The predicted molar refractivity (Wildman–Crippen MR) is 85.7 cm³/mol. The van der Waals surface area contributed by atoms with E-state index in [4.69, 9.17) is 0 Å². The number of aryl methyl sites for hydroxylation is 1. The highest BCUT2D eigenvalue weighted by Gasteiger charge is 2.12. The van der Waals surface area contributed by atoms with Gasteiger partial charge in [-0.2, -0.15) is 0 Å². The Hall–Kier alpha value is -2.14. The van der Waals surface area contributed by atoms with Crippen molar-refractivity contribution in [2.45, 2.75) is 6.92 Å². The fourth-order valence-corrected chi connectivity index (χ4v) is 2.43. The lowest BCUT2D eigenvalue weighted by Gasteiger charge is -2.10. The van der Waals surface area contributed by atoms with Gasteiger partial charge >= 0.3 is 0 Å². The minimum Gasteiger partial charge on any atom is -0.325 e. The van der Waals surface area contributed by atoms with Gasteiger partial charge in [0.2, 0.25) is 5.95 Å². The molecule has 5 heteroatoms. The smallest absolute Gasteiger partial charge is 0.212 e. The van der Waals surface area contributed by atoms with Gasteiger partial charge < -0.3 is 5.32 Å². The lowest BCUT2D eigenvalue weighted by atomic mass is 10.3. The molecule has 2 aromatic carbocycles. The van der Waals surface area contributed by atoms with Gasteiger partial charge in [-0.05, 0) is 37.3 Å². The second-order valence-electron chi connectivity index (χ2n) is 4.66. The summed E-state index contributed by atoms with van der Waals surface area (Å²) < 4.78 is 16.6. The van der Waals surface area contributed by atoms with Gasteiger partial charge in [0.1, 0.15) is 5.82 Å². The van der Waals surface area contributed by atoms with E-state index in [0.29, 0.717) is 16.1 Å². The topological polar surface area (TPSA) is 29.9 Å². The number of hydrogen-bond donors (Lipinski definition) is 1. The highest BCUT2D eigenvalue weighted by molar-refractivity contribution is 9.10. The van der Waals surface area contributed by atoms with Crippen LogP contribution in [-0.4, -0.2) is 9.55 Å². The Morgan fingerprint density at radius 3 is 2.62 bits per heavy atom. The zero-order valence-electron chi connectivity index (χ0n) is 11.3. The van der Waals surface area contributed by atoms with Gasteiger partial charge in [-0.15, -0.1) is 0 Å². The summed E-state index contributed by atoms with van der Waals surface area (Å²) in [7, 11) is 0.